The summed E-state index contributed by atoms with van der Waals surface area (Å²) in [5.74, 6) is 1.37. The Hall–Kier alpha value is -1.85. The fraction of sp³-hybridized carbons (Fsp3) is 0.625. The van der Waals surface area contributed by atoms with Gasteiger partial charge in [0.15, 0.2) is 0 Å². The summed E-state index contributed by atoms with van der Waals surface area (Å²) in [5, 5.41) is 1.29. The summed E-state index contributed by atoms with van der Waals surface area (Å²) in [6, 6.07) is 8.38. The van der Waals surface area contributed by atoms with Gasteiger partial charge in [0, 0.05) is 18.1 Å². The Kier molecular flexibility index (Phi) is 6.56. The first-order valence-electron chi connectivity index (χ1n) is 11.2. The number of hydrogen-bond donors (Lipinski definition) is 1. The number of ether oxygens (including phenoxy) is 1. The molecule has 0 radical (unpaired) electrons. The summed E-state index contributed by atoms with van der Waals surface area (Å²) in [7, 11) is 1.59. The van der Waals surface area contributed by atoms with Crippen molar-refractivity contribution in [2.45, 2.75) is 57.0 Å². The number of piperidine rings is 1. The minimum atomic E-state index is -0.408. The fourth-order valence-corrected chi connectivity index (χ4v) is 5.47. The molecule has 1 saturated heterocycles. The van der Waals surface area contributed by atoms with E-state index in [4.69, 9.17) is 14.9 Å². The molecule has 5 heteroatoms. The van der Waals surface area contributed by atoms with Crippen LogP contribution in [0.5, 0.6) is 0 Å². The molecule has 2 N–H and O–H groups in total. The summed E-state index contributed by atoms with van der Waals surface area (Å²) in [6.45, 7) is 3.54. The molecule has 2 aromatic rings. The van der Waals surface area contributed by atoms with E-state index in [1.807, 2.05) is 12.3 Å². The Bertz CT molecular complexity index is 801. The number of nitrogens with zero attached hydrogens (tertiary/aromatic N) is 1. The Morgan fingerprint density at radius 3 is 2.59 bits per heavy atom. The van der Waals surface area contributed by atoms with Gasteiger partial charge in [-0.15, -0.1) is 0 Å². The second-order valence-corrected chi connectivity index (χ2v) is 8.93. The lowest BCUT2D eigenvalue weighted by Crippen LogP contribution is -2.39. The average molecular weight is 399 g/mol. The van der Waals surface area contributed by atoms with Gasteiger partial charge in [-0.1, -0.05) is 31.0 Å². The summed E-state index contributed by atoms with van der Waals surface area (Å²) in [4.78, 5) is 14.1. The molecule has 5 nitrogen and oxygen atoms in total. The Morgan fingerprint density at radius 2 is 1.90 bits per heavy atom. The van der Waals surface area contributed by atoms with Crippen molar-refractivity contribution >= 4 is 16.9 Å². The lowest BCUT2D eigenvalue weighted by molar-refractivity contribution is -0.131. The zero-order valence-electron chi connectivity index (χ0n) is 17.5. The van der Waals surface area contributed by atoms with E-state index < -0.39 is 6.10 Å². The fourth-order valence-electron chi connectivity index (χ4n) is 5.47. The van der Waals surface area contributed by atoms with Gasteiger partial charge in [-0.2, -0.15) is 0 Å². The lowest BCUT2D eigenvalue weighted by atomic mass is 9.78. The molecule has 29 heavy (non-hydrogen) atoms. The lowest BCUT2D eigenvalue weighted by Gasteiger charge is -2.35. The number of para-hydroxylation sites is 1. The van der Waals surface area contributed by atoms with Crippen molar-refractivity contribution in [1.29, 1.82) is 0 Å². The summed E-state index contributed by atoms with van der Waals surface area (Å²) >= 11 is 0. The normalized spacial score (nSPS) is 25.3. The molecule has 1 aliphatic carbocycles. The van der Waals surface area contributed by atoms with Gasteiger partial charge in [0.05, 0.1) is 6.26 Å². The van der Waals surface area contributed by atoms with Gasteiger partial charge in [0.1, 0.15) is 11.7 Å². The zero-order chi connectivity index (χ0) is 20.2. The predicted molar refractivity (Wildman–Crippen MR) is 115 cm³/mol. The van der Waals surface area contributed by atoms with Gasteiger partial charge >= 0.3 is 0 Å². The molecule has 2 heterocycles. The van der Waals surface area contributed by atoms with E-state index in [2.05, 4.69) is 23.1 Å². The highest BCUT2D eigenvalue weighted by atomic mass is 16.5. The van der Waals surface area contributed by atoms with Crippen LogP contribution in [0.15, 0.2) is 34.9 Å². The van der Waals surface area contributed by atoms with Crippen LogP contribution in [0.1, 0.15) is 56.4 Å². The van der Waals surface area contributed by atoms with E-state index in [1.54, 1.807) is 7.11 Å². The molecule has 2 aliphatic rings. The number of rotatable bonds is 7. The monoisotopic (exact) mass is 398 g/mol. The first-order chi connectivity index (χ1) is 14.2. The number of carbonyl (C=O) groups excluding carboxylic acids is 1. The van der Waals surface area contributed by atoms with Crippen molar-refractivity contribution in [1.82, 2.24) is 4.90 Å². The number of likely N-dealkylation sites (tertiary alicyclic amines) is 1. The van der Waals surface area contributed by atoms with E-state index in [0.717, 1.165) is 24.3 Å². The van der Waals surface area contributed by atoms with Crippen LogP contribution >= 0.6 is 0 Å². The maximum atomic E-state index is 11.5. The zero-order valence-corrected chi connectivity index (χ0v) is 17.5. The average Bonchev–Trinajstić information content (AvgIpc) is 3.18. The molecular weight excluding hydrogens is 364 g/mol. The topological polar surface area (TPSA) is 68.7 Å². The number of amides is 1. The van der Waals surface area contributed by atoms with Crippen molar-refractivity contribution in [3.05, 3.63) is 36.1 Å². The largest absolute Gasteiger partial charge is 0.464 e. The maximum absolute atomic E-state index is 11.5. The van der Waals surface area contributed by atoms with Crippen molar-refractivity contribution in [2.24, 2.45) is 17.6 Å². The van der Waals surface area contributed by atoms with Gasteiger partial charge in [-0.3, -0.25) is 4.79 Å². The third-order valence-corrected chi connectivity index (χ3v) is 7.25. The Morgan fingerprint density at radius 1 is 1.17 bits per heavy atom. The van der Waals surface area contributed by atoms with E-state index in [0.29, 0.717) is 11.8 Å². The molecule has 1 aromatic carbocycles. The number of fused-ring (bicyclic) bond motifs is 1. The third-order valence-electron chi connectivity index (χ3n) is 7.25. The standard InChI is InChI=1S/C24H34N2O3/c1-28-23(24(25)27)19-8-6-17(7-9-19)10-13-26-14-11-18(12-15-26)21-16-29-22-5-3-2-4-20(21)22/h2-5,16-19,23H,6-15H2,1H3,(H2,25,27). The molecule has 1 unspecified atom stereocenters. The molecule has 0 spiro atoms. The second kappa shape index (κ2) is 9.31. The van der Waals surface area contributed by atoms with Crippen molar-refractivity contribution in [2.75, 3.05) is 26.7 Å². The van der Waals surface area contributed by atoms with Crippen LogP contribution in [0.4, 0.5) is 0 Å². The molecule has 158 valence electrons. The highest BCUT2D eigenvalue weighted by molar-refractivity contribution is 5.81. The van der Waals surface area contributed by atoms with E-state index in [9.17, 15) is 4.79 Å². The first-order valence-corrected chi connectivity index (χ1v) is 11.2. The number of carbonyl (C=O) groups is 1. The minimum absolute atomic E-state index is 0.300. The Balaban J connectivity index is 1.21. The number of primary amides is 1. The van der Waals surface area contributed by atoms with Crippen molar-refractivity contribution in [3.63, 3.8) is 0 Å². The van der Waals surface area contributed by atoms with Crippen LogP contribution in [0.3, 0.4) is 0 Å². The highest BCUT2D eigenvalue weighted by Crippen LogP contribution is 2.36. The number of hydrogen-bond acceptors (Lipinski definition) is 4. The molecular formula is C24H34N2O3. The van der Waals surface area contributed by atoms with Gasteiger partial charge in [0.25, 0.3) is 0 Å². The van der Waals surface area contributed by atoms with Gasteiger partial charge in [0.2, 0.25) is 5.91 Å². The minimum Gasteiger partial charge on any atom is -0.464 e. The number of benzene rings is 1. The van der Waals surface area contributed by atoms with Crippen LogP contribution in [-0.2, 0) is 9.53 Å². The predicted octanol–water partition coefficient (Wildman–Crippen LogP) is 4.31. The molecule has 0 bridgehead atoms. The molecule has 2 fully saturated rings. The van der Waals surface area contributed by atoms with Crippen LogP contribution in [0.25, 0.3) is 11.0 Å². The molecule has 1 aromatic heterocycles. The molecule has 1 amide bonds. The van der Waals surface area contributed by atoms with E-state index in [-0.39, 0.29) is 5.91 Å². The maximum Gasteiger partial charge on any atom is 0.246 e. The second-order valence-electron chi connectivity index (χ2n) is 8.93. The first kappa shape index (κ1) is 20.4. The Labute approximate surface area is 173 Å². The summed E-state index contributed by atoms with van der Waals surface area (Å²) in [6.07, 6.45) is 9.75. The van der Waals surface area contributed by atoms with Crippen LogP contribution in [-0.4, -0.2) is 43.7 Å². The van der Waals surface area contributed by atoms with Crippen molar-refractivity contribution in [3.8, 4) is 0 Å². The van der Waals surface area contributed by atoms with Crippen molar-refractivity contribution < 1.29 is 13.9 Å². The van der Waals surface area contributed by atoms with Gasteiger partial charge in [-0.05, 0) is 75.6 Å². The summed E-state index contributed by atoms with van der Waals surface area (Å²) in [5.41, 5.74) is 7.87. The molecule has 1 atom stereocenters. The number of methoxy groups -OCH3 is 1. The molecule has 1 aliphatic heterocycles. The summed E-state index contributed by atoms with van der Waals surface area (Å²) < 4.78 is 11.1. The molecule has 1 saturated carbocycles. The number of nitrogens with two attached hydrogens (primary N) is 1. The third kappa shape index (κ3) is 4.67. The van der Waals surface area contributed by atoms with Crippen LogP contribution in [0.2, 0.25) is 0 Å². The van der Waals surface area contributed by atoms with E-state index >= 15 is 0 Å². The van der Waals surface area contributed by atoms with Gasteiger partial charge in [-0.25, -0.2) is 0 Å². The molecule has 4 rings (SSSR count). The van der Waals surface area contributed by atoms with Crippen LogP contribution in [0, 0.1) is 11.8 Å². The van der Waals surface area contributed by atoms with Gasteiger partial charge < -0.3 is 19.8 Å². The highest BCUT2D eigenvalue weighted by Gasteiger charge is 2.31. The quantitative estimate of drug-likeness (QED) is 0.755. The van der Waals surface area contributed by atoms with Crippen LogP contribution < -0.4 is 5.73 Å². The smallest absolute Gasteiger partial charge is 0.246 e. The SMILES string of the molecule is COC(C(N)=O)C1CCC(CCN2CCC(c3coc4ccccc34)CC2)CC1. The van der Waals surface area contributed by atoms with E-state index in [1.165, 1.54) is 62.7 Å². The number of furan rings is 1.